The van der Waals surface area contributed by atoms with E-state index in [1.54, 1.807) is 12.1 Å². The van der Waals surface area contributed by atoms with Gasteiger partial charge in [0.2, 0.25) is 0 Å². The summed E-state index contributed by atoms with van der Waals surface area (Å²) in [5.41, 5.74) is 0.992. The molecule has 1 N–H and O–H groups in total. The summed E-state index contributed by atoms with van der Waals surface area (Å²) in [5.74, 6) is -0.293. The van der Waals surface area contributed by atoms with Crippen molar-refractivity contribution < 1.29 is 4.39 Å². The highest BCUT2D eigenvalue weighted by Gasteiger charge is 2.20. The summed E-state index contributed by atoms with van der Waals surface area (Å²) >= 11 is 0. The van der Waals surface area contributed by atoms with E-state index in [1.807, 2.05) is 6.07 Å². The molecule has 2 rings (SSSR count). The molecule has 0 saturated carbocycles. The van der Waals surface area contributed by atoms with Gasteiger partial charge in [-0.3, -0.25) is 0 Å². The summed E-state index contributed by atoms with van der Waals surface area (Å²) < 4.78 is 14.2. The fourth-order valence-corrected chi connectivity index (χ4v) is 2.67. The lowest BCUT2D eigenvalue weighted by atomic mass is 10.1. The van der Waals surface area contributed by atoms with E-state index in [0.717, 1.165) is 38.9 Å². The van der Waals surface area contributed by atoms with Gasteiger partial charge in [0.05, 0.1) is 17.3 Å². The van der Waals surface area contributed by atoms with Crippen LogP contribution in [0.4, 0.5) is 10.1 Å². The summed E-state index contributed by atoms with van der Waals surface area (Å²) in [6.07, 6.45) is 4.49. The average molecular weight is 275 g/mol. The zero-order valence-corrected chi connectivity index (χ0v) is 12.0. The molecule has 0 radical (unpaired) electrons. The van der Waals surface area contributed by atoms with E-state index in [1.165, 1.54) is 12.5 Å². The second-order valence-corrected chi connectivity index (χ2v) is 5.37. The Morgan fingerprint density at radius 2 is 2.35 bits per heavy atom. The monoisotopic (exact) mass is 275 g/mol. The largest absolute Gasteiger partial charge is 0.368 e. The van der Waals surface area contributed by atoms with Crippen molar-refractivity contribution >= 4 is 5.69 Å². The highest BCUT2D eigenvalue weighted by molar-refractivity contribution is 5.51. The Morgan fingerprint density at radius 1 is 1.50 bits per heavy atom. The van der Waals surface area contributed by atoms with Crippen LogP contribution in [-0.2, 0) is 0 Å². The third-order valence-electron chi connectivity index (χ3n) is 3.80. The van der Waals surface area contributed by atoms with Gasteiger partial charge >= 0.3 is 0 Å². The maximum Gasteiger partial charge on any atom is 0.147 e. The highest BCUT2D eigenvalue weighted by Crippen LogP contribution is 2.22. The van der Waals surface area contributed by atoms with E-state index in [2.05, 4.69) is 17.1 Å². The average Bonchev–Trinajstić information content (AvgIpc) is 2.96. The first kappa shape index (κ1) is 14.8. The van der Waals surface area contributed by atoms with E-state index >= 15 is 0 Å². The molecule has 0 aromatic heterocycles. The second kappa shape index (κ2) is 7.25. The second-order valence-electron chi connectivity index (χ2n) is 5.37. The van der Waals surface area contributed by atoms with E-state index in [-0.39, 0.29) is 5.82 Å². The molecule has 108 valence electrons. The molecular formula is C16H22FN3. The zero-order valence-electron chi connectivity index (χ0n) is 12.0. The molecule has 1 fully saturated rings. The van der Waals surface area contributed by atoms with Crippen molar-refractivity contribution in [3.05, 3.63) is 29.6 Å². The van der Waals surface area contributed by atoms with Crippen LogP contribution in [0.2, 0.25) is 0 Å². The van der Waals surface area contributed by atoms with Crippen LogP contribution < -0.4 is 10.2 Å². The normalized spacial score (nSPS) is 17.9. The van der Waals surface area contributed by atoms with Crippen LogP contribution in [0.15, 0.2) is 18.2 Å². The minimum absolute atomic E-state index is 0.293. The molecule has 3 nitrogen and oxygen atoms in total. The molecule has 0 spiro atoms. The molecule has 0 aliphatic carbocycles. The molecule has 0 amide bonds. The number of rotatable bonds is 6. The van der Waals surface area contributed by atoms with Gasteiger partial charge in [0.15, 0.2) is 0 Å². The Bertz CT molecular complexity index is 475. The lowest BCUT2D eigenvalue weighted by Crippen LogP contribution is -2.38. The van der Waals surface area contributed by atoms with Crippen LogP contribution in [0, 0.1) is 17.1 Å². The Morgan fingerprint density at radius 3 is 2.95 bits per heavy atom. The first-order valence-corrected chi connectivity index (χ1v) is 7.42. The van der Waals surface area contributed by atoms with Crippen molar-refractivity contribution in [2.24, 2.45) is 0 Å². The smallest absolute Gasteiger partial charge is 0.147 e. The first-order valence-electron chi connectivity index (χ1n) is 7.42. The van der Waals surface area contributed by atoms with Crippen molar-refractivity contribution in [1.82, 2.24) is 5.32 Å². The minimum atomic E-state index is -0.293. The predicted molar refractivity (Wildman–Crippen MR) is 79.3 cm³/mol. The van der Waals surface area contributed by atoms with Gasteiger partial charge in [-0.15, -0.1) is 0 Å². The number of nitriles is 1. The standard InChI is InChI=1S/C16H22FN3/c1-2-3-9-20(12-14-5-4-8-19-14)16-7-6-13(11-18)10-15(16)17/h6-7,10,14,19H,2-5,8-9,12H2,1H3. The first-order chi connectivity index (χ1) is 9.74. The molecule has 1 aliphatic rings. The van der Waals surface area contributed by atoms with Crippen molar-refractivity contribution in [1.29, 1.82) is 5.26 Å². The van der Waals surface area contributed by atoms with Gasteiger partial charge in [-0.05, 0) is 44.0 Å². The SMILES string of the molecule is CCCCN(CC1CCCN1)c1ccc(C#N)cc1F. The molecule has 4 heteroatoms. The van der Waals surface area contributed by atoms with Gasteiger partial charge in [0.25, 0.3) is 0 Å². The summed E-state index contributed by atoms with van der Waals surface area (Å²) in [7, 11) is 0. The Kier molecular flexibility index (Phi) is 5.37. The molecule has 1 aliphatic heterocycles. The zero-order chi connectivity index (χ0) is 14.4. The number of benzene rings is 1. The third-order valence-corrected chi connectivity index (χ3v) is 3.80. The van der Waals surface area contributed by atoms with E-state index in [9.17, 15) is 4.39 Å². The molecule has 20 heavy (non-hydrogen) atoms. The van der Waals surface area contributed by atoms with Crippen LogP contribution in [0.3, 0.4) is 0 Å². The summed E-state index contributed by atoms with van der Waals surface area (Å²) in [6, 6.07) is 7.18. The maximum absolute atomic E-state index is 14.2. The number of anilines is 1. The van der Waals surface area contributed by atoms with Crippen molar-refractivity contribution in [3.8, 4) is 6.07 Å². The minimum Gasteiger partial charge on any atom is -0.368 e. The molecule has 1 heterocycles. The lowest BCUT2D eigenvalue weighted by Gasteiger charge is -2.28. The van der Waals surface area contributed by atoms with Gasteiger partial charge in [0.1, 0.15) is 5.82 Å². The van der Waals surface area contributed by atoms with Crippen molar-refractivity contribution in [3.63, 3.8) is 0 Å². The van der Waals surface area contributed by atoms with Gasteiger partial charge in [-0.2, -0.15) is 5.26 Å². The van der Waals surface area contributed by atoms with Crippen molar-refractivity contribution in [2.45, 2.75) is 38.6 Å². The number of nitrogens with one attached hydrogen (secondary N) is 1. The number of unbranched alkanes of at least 4 members (excludes halogenated alkanes) is 1. The molecule has 0 bridgehead atoms. The topological polar surface area (TPSA) is 39.1 Å². The fourth-order valence-electron chi connectivity index (χ4n) is 2.67. The van der Waals surface area contributed by atoms with Gasteiger partial charge in [0, 0.05) is 19.1 Å². The number of halogens is 1. The fraction of sp³-hybridized carbons (Fsp3) is 0.562. The number of hydrogen-bond acceptors (Lipinski definition) is 3. The molecular weight excluding hydrogens is 253 g/mol. The van der Waals surface area contributed by atoms with Crippen LogP contribution in [0.25, 0.3) is 0 Å². The van der Waals surface area contributed by atoms with Gasteiger partial charge in [-0.25, -0.2) is 4.39 Å². The predicted octanol–water partition coefficient (Wildman–Crippen LogP) is 3.06. The lowest BCUT2D eigenvalue weighted by molar-refractivity contribution is 0.557. The highest BCUT2D eigenvalue weighted by atomic mass is 19.1. The maximum atomic E-state index is 14.2. The summed E-state index contributed by atoms with van der Waals surface area (Å²) in [6.45, 7) is 4.89. The van der Waals surface area contributed by atoms with Crippen LogP contribution in [0.5, 0.6) is 0 Å². The van der Waals surface area contributed by atoms with E-state index in [4.69, 9.17) is 5.26 Å². The third kappa shape index (κ3) is 3.71. The van der Waals surface area contributed by atoms with E-state index < -0.39 is 0 Å². The molecule has 1 aromatic carbocycles. The van der Waals surface area contributed by atoms with Crippen LogP contribution in [-0.4, -0.2) is 25.7 Å². The molecule has 1 saturated heterocycles. The van der Waals surface area contributed by atoms with Gasteiger partial charge in [-0.1, -0.05) is 13.3 Å². The van der Waals surface area contributed by atoms with Gasteiger partial charge < -0.3 is 10.2 Å². The Balaban J connectivity index is 2.14. The molecule has 1 aromatic rings. The molecule has 1 unspecified atom stereocenters. The number of nitrogens with zero attached hydrogens (tertiary/aromatic N) is 2. The van der Waals surface area contributed by atoms with E-state index in [0.29, 0.717) is 17.3 Å². The van der Waals surface area contributed by atoms with Crippen LogP contribution in [0.1, 0.15) is 38.2 Å². The summed E-state index contributed by atoms with van der Waals surface area (Å²) in [4.78, 5) is 2.11. The van der Waals surface area contributed by atoms with Crippen molar-refractivity contribution in [2.75, 3.05) is 24.5 Å². The van der Waals surface area contributed by atoms with Crippen LogP contribution >= 0.6 is 0 Å². The quantitative estimate of drug-likeness (QED) is 0.867. The Hall–Kier alpha value is -1.60. The molecule has 1 atom stereocenters. The Labute approximate surface area is 120 Å². The summed E-state index contributed by atoms with van der Waals surface area (Å²) in [5, 5.41) is 12.3. The number of hydrogen-bond donors (Lipinski definition) is 1.